The summed E-state index contributed by atoms with van der Waals surface area (Å²) >= 11 is 0. The number of hydrogen-bond acceptors (Lipinski definition) is 3. The summed E-state index contributed by atoms with van der Waals surface area (Å²) in [6, 6.07) is 15.7. The van der Waals surface area contributed by atoms with E-state index in [0.717, 1.165) is 24.4 Å². The molecule has 1 fully saturated rings. The normalized spacial score (nSPS) is 15.5. The number of nitrogens with one attached hydrogen (secondary N) is 1. The first-order valence-electron chi connectivity index (χ1n) is 8.97. The van der Waals surface area contributed by atoms with Gasteiger partial charge in [-0.1, -0.05) is 12.1 Å². The van der Waals surface area contributed by atoms with E-state index >= 15 is 0 Å². The number of amides is 1. The standard InChI is InChI=1S/C21H26N2O2/c1-16(17-8-12-20(25-2)13-9-17)22-21(24)18-6-10-19(11-7-18)23-14-4-3-5-15-23/h6-13,16H,3-5,14-15H2,1-2H3,(H,22,24)/t16-/m0/s1. The lowest BCUT2D eigenvalue weighted by Crippen LogP contribution is -2.29. The van der Waals surface area contributed by atoms with Crippen molar-refractivity contribution in [2.75, 3.05) is 25.1 Å². The van der Waals surface area contributed by atoms with Crippen molar-refractivity contribution in [3.8, 4) is 5.75 Å². The summed E-state index contributed by atoms with van der Waals surface area (Å²) in [5.74, 6) is 0.768. The number of benzene rings is 2. The van der Waals surface area contributed by atoms with Crippen LogP contribution in [0.5, 0.6) is 5.75 Å². The fourth-order valence-corrected chi connectivity index (χ4v) is 3.23. The maximum Gasteiger partial charge on any atom is 0.251 e. The molecule has 0 aliphatic carbocycles. The zero-order valence-electron chi connectivity index (χ0n) is 15.0. The Bertz CT molecular complexity index is 689. The molecule has 1 saturated heterocycles. The van der Waals surface area contributed by atoms with Crippen LogP contribution in [0.2, 0.25) is 0 Å². The topological polar surface area (TPSA) is 41.6 Å². The van der Waals surface area contributed by atoms with Gasteiger partial charge < -0.3 is 15.0 Å². The van der Waals surface area contributed by atoms with Crippen molar-refractivity contribution in [2.45, 2.75) is 32.2 Å². The number of methoxy groups -OCH3 is 1. The molecule has 0 unspecified atom stereocenters. The highest BCUT2D eigenvalue weighted by molar-refractivity contribution is 5.94. The summed E-state index contributed by atoms with van der Waals surface area (Å²) in [6.45, 7) is 4.21. The molecule has 0 aromatic heterocycles. The van der Waals surface area contributed by atoms with Crippen molar-refractivity contribution in [1.82, 2.24) is 5.32 Å². The number of nitrogens with zero attached hydrogens (tertiary/aromatic N) is 1. The number of hydrogen-bond donors (Lipinski definition) is 1. The molecule has 1 N–H and O–H groups in total. The predicted molar refractivity (Wildman–Crippen MR) is 101 cm³/mol. The van der Waals surface area contributed by atoms with Crippen molar-refractivity contribution in [3.63, 3.8) is 0 Å². The van der Waals surface area contributed by atoms with Crippen LogP contribution in [0.25, 0.3) is 0 Å². The molecule has 4 nitrogen and oxygen atoms in total. The van der Waals surface area contributed by atoms with E-state index in [0.29, 0.717) is 5.56 Å². The maximum atomic E-state index is 12.5. The summed E-state index contributed by atoms with van der Waals surface area (Å²) in [6.07, 6.45) is 3.82. The Morgan fingerprint density at radius 3 is 2.24 bits per heavy atom. The van der Waals surface area contributed by atoms with Crippen LogP contribution in [0.1, 0.15) is 48.1 Å². The van der Waals surface area contributed by atoms with Crippen LogP contribution in [0.4, 0.5) is 5.69 Å². The highest BCUT2D eigenvalue weighted by Gasteiger charge is 2.14. The monoisotopic (exact) mass is 338 g/mol. The lowest BCUT2D eigenvalue weighted by atomic mass is 10.1. The van der Waals surface area contributed by atoms with Gasteiger partial charge in [-0.15, -0.1) is 0 Å². The number of carbonyl (C=O) groups excluding carboxylic acids is 1. The Balaban J connectivity index is 1.61. The fraction of sp³-hybridized carbons (Fsp3) is 0.381. The van der Waals surface area contributed by atoms with Gasteiger partial charge in [0.1, 0.15) is 5.75 Å². The van der Waals surface area contributed by atoms with Gasteiger partial charge in [0.05, 0.1) is 13.2 Å². The van der Waals surface area contributed by atoms with E-state index in [9.17, 15) is 4.79 Å². The first-order valence-corrected chi connectivity index (χ1v) is 8.97. The Kier molecular flexibility index (Phi) is 5.59. The number of anilines is 1. The van der Waals surface area contributed by atoms with E-state index in [1.807, 2.05) is 43.3 Å². The second-order valence-corrected chi connectivity index (χ2v) is 6.56. The molecule has 25 heavy (non-hydrogen) atoms. The van der Waals surface area contributed by atoms with Crippen molar-refractivity contribution >= 4 is 11.6 Å². The first-order chi connectivity index (χ1) is 12.2. The van der Waals surface area contributed by atoms with Gasteiger partial charge in [-0.3, -0.25) is 4.79 Å². The van der Waals surface area contributed by atoms with Crippen LogP contribution in [-0.2, 0) is 0 Å². The zero-order valence-corrected chi connectivity index (χ0v) is 15.0. The van der Waals surface area contributed by atoms with Gasteiger partial charge in [0.2, 0.25) is 0 Å². The second kappa shape index (κ2) is 8.06. The van der Waals surface area contributed by atoms with Crippen molar-refractivity contribution in [1.29, 1.82) is 0 Å². The van der Waals surface area contributed by atoms with E-state index < -0.39 is 0 Å². The number of ether oxygens (including phenoxy) is 1. The molecule has 2 aromatic carbocycles. The smallest absolute Gasteiger partial charge is 0.251 e. The van der Waals surface area contributed by atoms with Crippen LogP contribution in [0.3, 0.4) is 0 Å². The molecule has 0 radical (unpaired) electrons. The van der Waals surface area contributed by atoms with Crippen molar-refractivity contribution in [3.05, 3.63) is 59.7 Å². The Hall–Kier alpha value is -2.49. The molecule has 1 aliphatic rings. The summed E-state index contributed by atoms with van der Waals surface area (Å²) in [5, 5.41) is 3.06. The third-order valence-corrected chi connectivity index (χ3v) is 4.81. The lowest BCUT2D eigenvalue weighted by Gasteiger charge is -2.28. The van der Waals surface area contributed by atoms with Gasteiger partial charge in [0.25, 0.3) is 5.91 Å². The molecular formula is C21H26N2O2. The molecule has 2 aromatic rings. The molecule has 132 valence electrons. The van der Waals surface area contributed by atoms with E-state index in [-0.39, 0.29) is 11.9 Å². The fourth-order valence-electron chi connectivity index (χ4n) is 3.23. The van der Waals surface area contributed by atoms with Gasteiger partial charge in [-0.25, -0.2) is 0 Å². The molecular weight excluding hydrogens is 312 g/mol. The molecule has 1 aliphatic heterocycles. The van der Waals surface area contributed by atoms with E-state index in [1.54, 1.807) is 7.11 Å². The van der Waals surface area contributed by atoms with Gasteiger partial charge in [-0.2, -0.15) is 0 Å². The lowest BCUT2D eigenvalue weighted by molar-refractivity contribution is 0.0940. The summed E-state index contributed by atoms with van der Waals surface area (Å²) in [7, 11) is 1.65. The number of piperidine rings is 1. The van der Waals surface area contributed by atoms with E-state index in [2.05, 4.69) is 22.3 Å². The van der Waals surface area contributed by atoms with Crippen LogP contribution in [0, 0.1) is 0 Å². The molecule has 4 heteroatoms. The Morgan fingerprint density at radius 1 is 1.00 bits per heavy atom. The minimum atomic E-state index is -0.0554. The third kappa shape index (κ3) is 4.32. The van der Waals surface area contributed by atoms with E-state index in [4.69, 9.17) is 4.74 Å². The highest BCUT2D eigenvalue weighted by Crippen LogP contribution is 2.21. The summed E-state index contributed by atoms with van der Waals surface area (Å²) in [4.78, 5) is 14.9. The molecule has 1 amide bonds. The quantitative estimate of drug-likeness (QED) is 0.889. The van der Waals surface area contributed by atoms with Gasteiger partial charge in [0, 0.05) is 24.3 Å². The summed E-state index contributed by atoms with van der Waals surface area (Å²) < 4.78 is 5.17. The largest absolute Gasteiger partial charge is 0.497 e. The van der Waals surface area contributed by atoms with Crippen LogP contribution < -0.4 is 15.0 Å². The zero-order chi connectivity index (χ0) is 17.6. The SMILES string of the molecule is COc1ccc([C@H](C)NC(=O)c2ccc(N3CCCCC3)cc2)cc1. The number of carbonyl (C=O) groups is 1. The third-order valence-electron chi connectivity index (χ3n) is 4.81. The molecule has 1 atom stereocenters. The molecule has 0 saturated carbocycles. The summed E-state index contributed by atoms with van der Waals surface area (Å²) in [5.41, 5.74) is 2.96. The maximum absolute atomic E-state index is 12.5. The molecule has 1 heterocycles. The number of rotatable bonds is 5. The van der Waals surface area contributed by atoms with Gasteiger partial charge in [-0.05, 0) is 68.1 Å². The molecule has 3 rings (SSSR count). The van der Waals surface area contributed by atoms with Gasteiger partial charge in [0.15, 0.2) is 0 Å². The first kappa shape index (κ1) is 17.3. The average molecular weight is 338 g/mol. The van der Waals surface area contributed by atoms with Crippen LogP contribution >= 0.6 is 0 Å². The van der Waals surface area contributed by atoms with Crippen LogP contribution in [-0.4, -0.2) is 26.1 Å². The second-order valence-electron chi connectivity index (χ2n) is 6.56. The van der Waals surface area contributed by atoms with Crippen molar-refractivity contribution < 1.29 is 9.53 Å². The molecule has 0 bridgehead atoms. The Morgan fingerprint density at radius 2 is 1.64 bits per heavy atom. The Labute approximate surface area is 149 Å². The van der Waals surface area contributed by atoms with Gasteiger partial charge >= 0.3 is 0 Å². The predicted octanol–water partition coefficient (Wildman–Crippen LogP) is 4.18. The van der Waals surface area contributed by atoms with Crippen LogP contribution in [0.15, 0.2) is 48.5 Å². The van der Waals surface area contributed by atoms with E-state index in [1.165, 1.54) is 24.9 Å². The highest BCUT2D eigenvalue weighted by atomic mass is 16.5. The molecule has 0 spiro atoms. The minimum absolute atomic E-state index is 0.0477. The van der Waals surface area contributed by atoms with Crippen molar-refractivity contribution in [2.24, 2.45) is 0 Å². The average Bonchev–Trinajstić information content (AvgIpc) is 2.68. The minimum Gasteiger partial charge on any atom is -0.497 e.